The molecule has 5 heteroatoms. The lowest BCUT2D eigenvalue weighted by Crippen LogP contribution is -2.48. The summed E-state index contributed by atoms with van der Waals surface area (Å²) >= 11 is 0. The average Bonchev–Trinajstić information content (AvgIpc) is 2.56. The van der Waals surface area contributed by atoms with Gasteiger partial charge in [0.15, 0.2) is 0 Å². The Kier molecular flexibility index (Phi) is 5.01. The molecule has 1 fully saturated rings. The van der Waals surface area contributed by atoms with E-state index in [0.29, 0.717) is 12.3 Å². The van der Waals surface area contributed by atoms with Crippen LogP contribution in [-0.4, -0.2) is 48.6 Å². The monoisotopic (exact) mass is 325 g/mol. The lowest BCUT2D eigenvalue weighted by molar-refractivity contribution is -0.117. The summed E-state index contributed by atoms with van der Waals surface area (Å²) in [6.07, 6.45) is 0. The Labute approximate surface area is 142 Å². The molecule has 1 aliphatic rings. The summed E-state index contributed by atoms with van der Waals surface area (Å²) in [5, 5.41) is 12.9. The van der Waals surface area contributed by atoms with Gasteiger partial charge in [0.1, 0.15) is 5.75 Å². The maximum absolute atomic E-state index is 12.2. The SMILES string of the molecule is Cc1cccc(NC(=O)CN2CCN(c3ccccc3O)CC2)c1. The molecule has 0 saturated carbocycles. The van der Waals surface area contributed by atoms with Crippen molar-refractivity contribution in [2.75, 3.05) is 42.9 Å². The summed E-state index contributed by atoms with van der Waals surface area (Å²) in [6, 6.07) is 15.2. The molecule has 0 unspecified atom stereocenters. The smallest absolute Gasteiger partial charge is 0.238 e. The van der Waals surface area contributed by atoms with Crippen molar-refractivity contribution >= 4 is 17.3 Å². The summed E-state index contributed by atoms with van der Waals surface area (Å²) < 4.78 is 0. The van der Waals surface area contributed by atoms with E-state index in [1.807, 2.05) is 49.4 Å². The Morgan fingerprint density at radius 1 is 1.08 bits per heavy atom. The summed E-state index contributed by atoms with van der Waals surface area (Å²) in [7, 11) is 0. The number of aromatic hydroxyl groups is 1. The number of para-hydroxylation sites is 2. The molecule has 0 aromatic heterocycles. The van der Waals surface area contributed by atoms with Crippen LogP contribution in [0.15, 0.2) is 48.5 Å². The molecule has 0 atom stereocenters. The van der Waals surface area contributed by atoms with Crippen molar-refractivity contribution in [1.82, 2.24) is 4.90 Å². The number of hydrogen-bond donors (Lipinski definition) is 2. The molecule has 24 heavy (non-hydrogen) atoms. The molecule has 1 saturated heterocycles. The van der Waals surface area contributed by atoms with E-state index in [1.54, 1.807) is 6.07 Å². The third-order valence-electron chi connectivity index (χ3n) is 4.26. The Morgan fingerprint density at radius 2 is 1.83 bits per heavy atom. The lowest BCUT2D eigenvalue weighted by atomic mass is 10.2. The van der Waals surface area contributed by atoms with Gasteiger partial charge in [-0.2, -0.15) is 0 Å². The summed E-state index contributed by atoms with van der Waals surface area (Å²) in [5.41, 5.74) is 2.83. The van der Waals surface area contributed by atoms with Crippen LogP contribution in [-0.2, 0) is 4.79 Å². The van der Waals surface area contributed by atoms with Gasteiger partial charge in [0.25, 0.3) is 0 Å². The van der Waals surface area contributed by atoms with E-state index in [9.17, 15) is 9.90 Å². The van der Waals surface area contributed by atoms with E-state index in [-0.39, 0.29) is 5.91 Å². The predicted molar refractivity (Wildman–Crippen MR) is 96.6 cm³/mol. The van der Waals surface area contributed by atoms with Crippen LogP contribution in [0.5, 0.6) is 5.75 Å². The minimum absolute atomic E-state index is 0.0107. The van der Waals surface area contributed by atoms with Gasteiger partial charge < -0.3 is 15.3 Å². The molecule has 126 valence electrons. The van der Waals surface area contributed by atoms with E-state index in [2.05, 4.69) is 15.1 Å². The Hall–Kier alpha value is -2.53. The third kappa shape index (κ3) is 4.06. The summed E-state index contributed by atoms with van der Waals surface area (Å²) in [6.45, 7) is 5.60. The molecule has 0 spiro atoms. The van der Waals surface area contributed by atoms with E-state index in [4.69, 9.17) is 0 Å². The molecule has 1 heterocycles. The van der Waals surface area contributed by atoms with Gasteiger partial charge >= 0.3 is 0 Å². The third-order valence-corrected chi connectivity index (χ3v) is 4.26. The molecule has 0 radical (unpaired) electrons. The van der Waals surface area contributed by atoms with Crippen molar-refractivity contribution < 1.29 is 9.90 Å². The standard InChI is InChI=1S/C19H23N3O2/c1-15-5-4-6-16(13-15)20-19(24)14-21-9-11-22(12-10-21)17-7-2-3-8-18(17)23/h2-8,13,23H,9-12,14H2,1H3,(H,20,24). The topological polar surface area (TPSA) is 55.8 Å². The number of hydrogen-bond acceptors (Lipinski definition) is 4. The molecule has 0 aliphatic carbocycles. The van der Waals surface area contributed by atoms with Gasteiger partial charge in [-0.25, -0.2) is 0 Å². The summed E-state index contributed by atoms with van der Waals surface area (Å²) in [4.78, 5) is 16.5. The average molecular weight is 325 g/mol. The van der Waals surface area contributed by atoms with Gasteiger partial charge in [0.05, 0.1) is 12.2 Å². The molecular weight excluding hydrogens is 302 g/mol. The van der Waals surface area contributed by atoms with Gasteiger partial charge in [-0.1, -0.05) is 24.3 Å². The highest BCUT2D eigenvalue weighted by Gasteiger charge is 2.20. The number of anilines is 2. The second-order valence-electron chi connectivity index (χ2n) is 6.17. The van der Waals surface area contributed by atoms with Crippen molar-refractivity contribution in [3.8, 4) is 5.75 Å². The van der Waals surface area contributed by atoms with Crippen LogP contribution in [0.1, 0.15) is 5.56 Å². The Bertz CT molecular complexity index is 709. The van der Waals surface area contributed by atoms with Crippen molar-refractivity contribution in [2.45, 2.75) is 6.92 Å². The maximum atomic E-state index is 12.2. The molecule has 5 nitrogen and oxygen atoms in total. The van der Waals surface area contributed by atoms with E-state index in [1.165, 1.54) is 0 Å². The fraction of sp³-hybridized carbons (Fsp3) is 0.316. The number of rotatable bonds is 4. The number of piperazine rings is 1. The zero-order chi connectivity index (χ0) is 16.9. The molecule has 1 aliphatic heterocycles. The van der Waals surface area contributed by atoms with Gasteiger partial charge in [-0.3, -0.25) is 9.69 Å². The number of nitrogens with one attached hydrogen (secondary N) is 1. The van der Waals surface area contributed by atoms with Gasteiger partial charge in [-0.15, -0.1) is 0 Å². The molecule has 2 aromatic carbocycles. The summed E-state index contributed by atoms with van der Waals surface area (Å²) in [5.74, 6) is 0.319. The first-order valence-electron chi connectivity index (χ1n) is 8.23. The Morgan fingerprint density at radius 3 is 2.54 bits per heavy atom. The fourth-order valence-electron chi connectivity index (χ4n) is 3.00. The van der Waals surface area contributed by atoms with E-state index in [0.717, 1.165) is 43.1 Å². The van der Waals surface area contributed by atoms with E-state index < -0.39 is 0 Å². The minimum atomic E-state index is 0.0107. The van der Waals surface area contributed by atoms with Gasteiger partial charge in [-0.05, 0) is 36.8 Å². The minimum Gasteiger partial charge on any atom is -0.506 e. The van der Waals surface area contributed by atoms with Gasteiger partial charge in [0, 0.05) is 31.9 Å². The lowest BCUT2D eigenvalue weighted by Gasteiger charge is -2.35. The highest BCUT2D eigenvalue weighted by atomic mass is 16.3. The normalized spacial score (nSPS) is 15.3. The van der Waals surface area contributed by atoms with Crippen molar-refractivity contribution in [2.24, 2.45) is 0 Å². The molecule has 0 bridgehead atoms. The van der Waals surface area contributed by atoms with E-state index >= 15 is 0 Å². The Balaban J connectivity index is 1.50. The molecule has 2 aromatic rings. The van der Waals surface area contributed by atoms with Crippen LogP contribution in [0.25, 0.3) is 0 Å². The van der Waals surface area contributed by atoms with Crippen LogP contribution < -0.4 is 10.2 Å². The number of carbonyl (C=O) groups is 1. The zero-order valence-corrected chi connectivity index (χ0v) is 13.9. The number of carbonyl (C=O) groups excluding carboxylic acids is 1. The number of phenolic OH excluding ortho intramolecular Hbond substituents is 1. The van der Waals surface area contributed by atoms with Crippen LogP contribution in [0.4, 0.5) is 11.4 Å². The molecule has 3 rings (SSSR count). The first-order chi connectivity index (χ1) is 11.6. The number of nitrogens with zero attached hydrogens (tertiary/aromatic N) is 2. The largest absolute Gasteiger partial charge is 0.506 e. The molecule has 2 N–H and O–H groups in total. The second kappa shape index (κ2) is 7.36. The first kappa shape index (κ1) is 16.3. The van der Waals surface area contributed by atoms with Crippen LogP contribution >= 0.6 is 0 Å². The van der Waals surface area contributed by atoms with Crippen molar-refractivity contribution in [3.63, 3.8) is 0 Å². The van der Waals surface area contributed by atoms with Crippen LogP contribution in [0.2, 0.25) is 0 Å². The second-order valence-corrected chi connectivity index (χ2v) is 6.17. The molecule has 1 amide bonds. The fourth-order valence-corrected chi connectivity index (χ4v) is 3.00. The number of aryl methyl sites for hydroxylation is 1. The first-order valence-corrected chi connectivity index (χ1v) is 8.23. The zero-order valence-electron chi connectivity index (χ0n) is 13.9. The number of benzene rings is 2. The van der Waals surface area contributed by atoms with Crippen LogP contribution in [0.3, 0.4) is 0 Å². The van der Waals surface area contributed by atoms with Gasteiger partial charge in [0.2, 0.25) is 5.91 Å². The highest BCUT2D eigenvalue weighted by molar-refractivity contribution is 5.92. The predicted octanol–water partition coefficient (Wildman–Crippen LogP) is 2.46. The highest BCUT2D eigenvalue weighted by Crippen LogP contribution is 2.27. The van der Waals surface area contributed by atoms with Crippen LogP contribution in [0, 0.1) is 6.92 Å². The van der Waals surface area contributed by atoms with Crippen molar-refractivity contribution in [1.29, 1.82) is 0 Å². The van der Waals surface area contributed by atoms with Crippen molar-refractivity contribution in [3.05, 3.63) is 54.1 Å². The number of amides is 1. The quantitative estimate of drug-likeness (QED) is 0.907. The molecular formula is C19H23N3O2. The number of phenols is 1. The maximum Gasteiger partial charge on any atom is 0.238 e.